The van der Waals surface area contributed by atoms with Gasteiger partial charge in [-0.05, 0) is 32.9 Å². The molecule has 24 heavy (non-hydrogen) atoms. The second kappa shape index (κ2) is 7.47. The van der Waals surface area contributed by atoms with Gasteiger partial charge in [-0.2, -0.15) is 5.10 Å². The van der Waals surface area contributed by atoms with Crippen LogP contribution in [0, 0.1) is 0 Å². The third kappa shape index (κ3) is 4.04. The Labute approximate surface area is 144 Å². The van der Waals surface area contributed by atoms with Gasteiger partial charge in [0.2, 0.25) is 0 Å². The number of hydrogen-bond acceptors (Lipinski definition) is 4. The van der Waals surface area contributed by atoms with E-state index in [1.807, 2.05) is 29.1 Å². The van der Waals surface area contributed by atoms with Crippen LogP contribution in [0.15, 0.2) is 42.7 Å². The minimum atomic E-state index is 0.119. The Morgan fingerprint density at radius 2 is 1.92 bits per heavy atom. The fourth-order valence-corrected chi connectivity index (χ4v) is 3.08. The highest BCUT2D eigenvalue weighted by molar-refractivity contribution is 5.31. The number of morpholine rings is 1. The van der Waals surface area contributed by atoms with Crippen LogP contribution < -0.4 is 5.32 Å². The summed E-state index contributed by atoms with van der Waals surface area (Å²) in [6.45, 7) is 11.4. The smallest absolute Gasteiger partial charge is 0.0645 e. The average Bonchev–Trinajstić information content (AvgIpc) is 3.11. The summed E-state index contributed by atoms with van der Waals surface area (Å²) >= 11 is 0. The number of ether oxygens (including phenoxy) is 1. The molecule has 0 unspecified atom stereocenters. The predicted molar refractivity (Wildman–Crippen MR) is 96.5 cm³/mol. The average molecular weight is 328 g/mol. The molecule has 1 atom stereocenters. The highest BCUT2D eigenvalue weighted by Gasteiger charge is 2.28. The molecule has 130 valence electrons. The minimum Gasteiger partial charge on any atom is -0.379 e. The summed E-state index contributed by atoms with van der Waals surface area (Å²) in [6.07, 6.45) is 4.06. The Hall–Kier alpha value is -1.69. The molecule has 0 amide bonds. The molecule has 1 aromatic carbocycles. The predicted octanol–water partition coefficient (Wildman–Crippen LogP) is 2.63. The first-order valence-corrected chi connectivity index (χ1v) is 8.72. The Balaban J connectivity index is 1.59. The van der Waals surface area contributed by atoms with Crippen molar-refractivity contribution in [3.05, 3.63) is 48.3 Å². The van der Waals surface area contributed by atoms with Gasteiger partial charge in [-0.25, -0.2) is 4.68 Å². The van der Waals surface area contributed by atoms with Gasteiger partial charge in [0.15, 0.2) is 0 Å². The van der Waals surface area contributed by atoms with E-state index in [-0.39, 0.29) is 11.6 Å². The van der Waals surface area contributed by atoms with Crippen LogP contribution in [0.3, 0.4) is 0 Å². The highest BCUT2D eigenvalue weighted by atomic mass is 16.5. The van der Waals surface area contributed by atoms with Crippen molar-refractivity contribution in [2.45, 2.75) is 32.4 Å². The van der Waals surface area contributed by atoms with Gasteiger partial charge in [-0.15, -0.1) is 0 Å². The molecule has 1 aliphatic rings. The lowest BCUT2D eigenvalue weighted by molar-refractivity contribution is -0.0102. The molecule has 2 heterocycles. The van der Waals surface area contributed by atoms with Crippen molar-refractivity contribution < 1.29 is 4.74 Å². The number of para-hydroxylation sites is 1. The van der Waals surface area contributed by atoms with Crippen LogP contribution >= 0.6 is 0 Å². The van der Waals surface area contributed by atoms with Crippen LogP contribution in [0.2, 0.25) is 0 Å². The van der Waals surface area contributed by atoms with Crippen LogP contribution in [0.4, 0.5) is 0 Å². The SMILES string of the molecule is C[C@@H](NCC(C)(C)N1CCOCC1)c1cnn(-c2ccccc2)c1. The van der Waals surface area contributed by atoms with Crippen LogP contribution in [-0.2, 0) is 4.74 Å². The van der Waals surface area contributed by atoms with Gasteiger partial charge in [-0.1, -0.05) is 18.2 Å². The Morgan fingerprint density at radius 3 is 2.62 bits per heavy atom. The molecular weight excluding hydrogens is 300 g/mol. The third-order valence-electron chi connectivity index (χ3n) is 4.83. The summed E-state index contributed by atoms with van der Waals surface area (Å²) in [7, 11) is 0. The molecule has 0 aliphatic carbocycles. The van der Waals surface area contributed by atoms with Crippen LogP contribution in [0.25, 0.3) is 5.69 Å². The summed E-state index contributed by atoms with van der Waals surface area (Å²) in [4.78, 5) is 2.50. The van der Waals surface area contributed by atoms with Crippen molar-refractivity contribution in [2.24, 2.45) is 0 Å². The van der Waals surface area contributed by atoms with Crippen molar-refractivity contribution in [3.8, 4) is 5.69 Å². The van der Waals surface area contributed by atoms with Gasteiger partial charge in [0.25, 0.3) is 0 Å². The fourth-order valence-electron chi connectivity index (χ4n) is 3.08. The van der Waals surface area contributed by atoms with Gasteiger partial charge in [0, 0.05) is 43.0 Å². The molecule has 5 heteroatoms. The van der Waals surface area contributed by atoms with E-state index in [0.29, 0.717) is 0 Å². The molecule has 3 rings (SSSR count). The normalized spacial score (nSPS) is 17.8. The minimum absolute atomic E-state index is 0.119. The van der Waals surface area contributed by atoms with E-state index in [9.17, 15) is 0 Å². The van der Waals surface area contributed by atoms with Gasteiger partial charge in [0.05, 0.1) is 25.1 Å². The number of benzene rings is 1. The van der Waals surface area contributed by atoms with E-state index in [0.717, 1.165) is 38.5 Å². The standard InChI is InChI=1S/C19H28N4O/c1-16(20-15-19(2,3)22-9-11-24-12-10-22)17-13-21-23(14-17)18-7-5-4-6-8-18/h4-8,13-14,16,20H,9-12,15H2,1-3H3/t16-/m1/s1. The molecule has 1 fully saturated rings. The van der Waals surface area contributed by atoms with E-state index in [4.69, 9.17) is 4.74 Å². The first-order valence-electron chi connectivity index (χ1n) is 8.72. The zero-order valence-electron chi connectivity index (χ0n) is 14.9. The molecule has 1 saturated heterocycles. The number of aromatic nitrogens is 2. The summed E-state index contributed by atoms with van der Waals surface area (Å²) < 4.78 is 7.39. The molecular formula is C19H28N4O. The molecule has 0 spiro atoms. The van der Waals surface area contributed by atoms with Crippen LogP contribution in [0.5, 0.6) is 0 Å². The Morgan fingerprint density at radius 1 is 1.21 bits per heavy atom. The van der Waals surface area contributed by atoms with Crippen molar-refractivity contribution >= 4 is 0 Å². The van der Waals surface area contributed by atoms with Crippen molar-refractivity contribution in [2.75, 3.05) is 32.8 Å². The molecule has 1 aliphatic heterocycles. The van der Waals surface area contributed by atoms with E-state index in [2.05, 4.69) is 54.4 Å². The molecule has 0 bridgehead atoms. The maximum Gasteiger partial charge on any atom is 0.0645 e. The molecule has 1 N–H and O–H groups in total. The number of rotatable bonds is 6. The van der Waals surface area contributed by atoms with E-state index in [1.54, 1.807) is 0 Å². The molecule has 5 nitrogen and oxygen atoms in total. The fraction of sp³-hybridized carbons (Fsp3) is 0.526. The van der Waals surface area contributed by atoms with E-state index in [1.165, 1.54) is 5.56 Å². The van der Waals surface area contributed by atoms with Gasteiger partial charge in [0.1, 0.15) is 0 Å². The van der Waals surface area contributed by atoms with E-state index >= 15 is 0 Å². The maximum absolute atomic E-state index is 5.46. The lowest BCUT2D eigenvalue weighted by atomic mass is 10.0. The quantitative estimate of drug-likeness (QED) is 0.885. The Kier molecular flexibility index (Phi) is 5.33. The summed E-state index contributed by atoms with van der Waals surface area (Å²) in [5.74, 6) is 0. The second-order valence-electron chi connectivity index (χ2n) is 7.07. The largest absolute Gasteiger partial charge is 0.379 e. The zero-order valence-corrected chi connectivity index (χ0v) is 14.9. The zero-order chi connectivity index (χ0) is 17.0. The third-order valence-corrected chi connectivity index (χ3v) is 4.83. The number of nitrogens with one attached hydrogen (secondary N) is 1. The number of hydrogen-bond donors (Lipinski definition) is 1. The van der Waals surface area contributed by atoms with Gasteiger partial charge < -0.3 is 10.1 Å². The highest BCUT2D eigenvalue weighted by Crippen LogP contribution is 2.19. The number of nitrogens with zero attached hydrogens (tertiary/aromatic N) is 3. The lowest BCUT2D eigenvalue weighted by Gasteiger charge is -2.41. The maximum atomic E-state index is 5.46. The van der Waals surface area contributed by atoms with Gasteiger partial charge in [-0.3, -0.25) is 4.90 Å². The van der Waals surface area contributed by atoms with E-state index < -0.39 is 0 Å². The summed E-state index contributed by atoms with van der Waals surface area (Å²) in [6, 6.07) is 10.5. The van der Waals surface area contributed by atoms with Crippen LogP contribution in [0.1, 0.15) is 32.4 Å². The van der Waals surface area contributed by atoms with Crippen molar-refractivity contribution in [1.82, 2.24) is 20.0 Å². The van der Waals surface area contributed by atoms with Crippen molar-refractivity contribution in [1.29, 1.82) is 0 Å². The second-order valence-corrected chi connectivity index (χ2v) is 7.07. The summed E-state index contributed by atoms with van der Waals surface area (Å²) in [5.41, 5.74) is 2.41. The molecule has 0 radical (unpaired) electrons. The lowest BCUT2D eigenvalue weighted by Crippen LogP contribution is -2.54. The first-order chi connectivity index (χ1) is 11.6. The summed E-state index contributed by atoms with van der Waals surface area (Å²) in [5, 5.41) is 8.16. The van der Waals surface area contributed by atoms with Crippen molar-refractivity contribution in [3.63, 3.8) is 0 Å². The first kappa shape index (κ1) is 17.1. The topological polar surface area (TPSA) is 42.3 Å². The molecule has 0 saturated carbocycles. The molecule has 2 aromatic rings. The monoisotopic (exact) mass is 328 g/mol. The van der Waals surface area contributed by atoms with Crippen LogP contribution in [-0.4, -0.2) is 53.1 Å². The Bertz CT molecular complexity index is 632. The molecule has 1 aromatic heterocycles. The van der Waals surface area contributed by atoms with Gasteiger partial charge >= 0.3 is 0 Å².